The predicted octanol–water partition coefficient (Wildman–Crippen LogP) is 1.36. The van der Waals surface area contributed by atoms with Gasteiger partial charge in [-0.3, -0.25) is 9.29 Å². The van der Waals surface area contributed by atoms with Crippen LogP contribution < -0.4 is 10.0 Å². The van der Waals surface area contributed by atoms with Crippen LogP contribution in [0.15, 0.2) is 47.6 Å². The summed E-state index contributed by atoms with van der Waals surface area (Å²) in [6.07, 6.45) is 2.62. The lowest BCUT2D eigenvalue weighted by Gasteiger charge is -2.20. The van der Waals surface area contributed by atoms with E-state index in [4.69, 9.17) is 11.0 Å². The molecule has 0 radical (unpaired) electrons. The summed E-state index contributed by atoms with van der Waals surface area (Å²) in [5, 5.41) is 8.86. The number of hydrogen-bond acceptors (Lipinski definition) is 5. The van der Waals surface area contributed by atoms with E-state index in [0.29, 0.717) is 11.3 Å². The van der Waals surface area contributed by atoms with Crippen molar-refractivity contribution in [1.29, 1.82) is 5.26 Å². The summed E-state index contributed by atoms with van der Waals surface area (Å²) in [7, 11) is -2.41. The molecule has 0 aliphatic carbocycles. The monoisotopic (exact) mass is 288 g/mol. The minimum atomic E-state index is -3.81. The molecule has 2 rings (SSSR count). The number of anilines is 2. The highest BCUT2D eigenvalue weighted by molar-refractivity contribution is 7.93. The van der Waals surface area contributed by atoms with Crippen molar-refractivity contribution in [3.63, 3.8) is 0 Å². The largest absolute Gasteiger partial charge is 0.398 e. The van der Waals surface area contributed by atoms with Crippen molar-refractivity contribution in [2.45, 2.75) is 4.90 Å². The van der Waals surface area contributed by atoms with Gasteiger partial charge in [0.1, 0.15) is 4.90 Å². The fourth-order valence-corrected chi connectivity index (χ4v) is 2.91. The first kappa shape index (κ1) is 13.8. The molecule has 0 saturated carbocycles. The smallest absolute Gasteiger partial charge is 0.267 e. The van der Waals surface area contributed by atoms with Crippen molar-refractivity contribution < 1.29 is 8.42 Å². The number of sulfonamides is 1. The van der Waals surface area contributed by atoms with Crippen molar-refractivity contribution in [3.8, 4) is 6.07 Å². The molecule has 0 unspecified atom stereocenters. The Morgan fingerprint density at radius 1 is 1.35 bits per heavy atom. The SMILES string of the molecule is CN(c1cccc(C#N)c1)S(=O)(=O)c1cnccc1N. The first-order valence-corrected chi connectivity index (χ1v) is 7.09. The van der Waals surface area contributed by atoms with Gasteiger partial charge in [-0.2, -0.15) is 5.26 Å². The molecule has 1 aromatic carbocycles. The van der Waals surface area contributed by atoms with E-state index in [1.165, 1.54) is 31.6 Å². The summed E-state index contributed by atoms with van der Waals surface area (Å²) in [4.78, 5) is 3.72. The van der Waals surface area contributed by atoms with Gasteiger partial charge in [0, 0.05) is 19.4 Å². The third-order valence-corrected chi connectivity index (χ3v) is 4.62. The molecule has 0 aliphatic heterocycles. The Kier molecular flexibility index (Phi) is 3.59. The van der Waals surface area contributed by atoms with Crippen LogP contribution in [-0.4, -0.2) is 20.4 Å². The highest BCUT2D eigenvalue weighted by Crippen LogP contribution is 2.25. The van der Waals surface area contributed by atoms with Crippen molar-refractivity contribution in [1.82, 2.24) is 4.98 Å². The maximum Gasteiger partial charge on any atom is 0.267 e. The fraction of sp³-hybridized carbons (Fsp3) is 0.0769. The van der Waals surface area contributed by atoms with Crippen LogP contribution in [0.3, 0.4) is 0 Å². The molecule has 102 valence electrons. The van der Waals surface area contributed by atoms with E-state index >= 15 is 0 Å². The van der Waals surface area contributed by atoms with Gasteiger partial charge < -0.3 is 5.73 Å². The van der Waals surface area contributed by atoms with Gasteiger partial charge in [-0.25, -0.2) is 8.42 Å². The molecule has 0 fully saturated rings. The van der Waals surface area contributed by atoms with Gasteiger partial charge >= 0.3 is 0 Å². The van der Waals surface area contributed by atoms with E-state index in [9.17, 15) is 8.42 Å². The van der Waals surface area contributed by atoms with E-state index in [2.05, 4.69) is 4.98 Å². The number of pyridine rings is 1. The van der Waals surface area contributed by atoms with Gasteiger partial charge in [-0.1, -0.05) is 6.07 Å². The van der Waals surface area contributed by atoms with Crippen LogP contribution in [-0.2, 0) is 10.0 Å². The minimum absolute atomic E-state index is 0.0649. The molecule has 0 aliphatic rings. The van der Waals surface area contributed by atoms with Crippen LogP contribution in [0, 0.1) is 11.3 Å². The number of nitriles is 1. The number of aromatic nitrogens is 1. The number of nitrogens with two attached hydrogens (primary N) is 1. The maximum atomic E-state index is 12.5. The third-order valence-electron chi connectivity index (χ3n) is 2.79. The minimum Gasteiger partial charge on any atom is -0.398 e. The van der Waals surface area contributed by atoms with E-state index in [-0.39, 0.29) is 10.6 Å². The zero-order valence-electron chi connectivity index (χ0n) is 10.7. The van der Waals surface area contributed by atoms with Gasteiger partial charge in [-0.15, -0.1) is 0 Å². The topological polar surface area (TPSA) is 100 Å². The second kappa shape index (κ2) is 5.19. The average Bonchev–Trinajstić information content (AvgIpc) is 2.46. The molecule has 0 amide bonds. The predicted molar refractivity (Wildman–Crippen MR) is 75.4 cm³/mol. The Bertz CT molecular complexity index is 781. The summed E-state index contributed by atoms with van der Waals surface area (Å²) in [5.41, 5.74) is 6.57. The third kappa shape index (κ3) is 2.41. The van der Waals surface area contributed by atoms with Crippen LogP contribution >= 0.6 is 0 Å². The first-order chi connectivity index (χ1) is 9.46. The van der Waals surface area contributed by atoms with Crippen LogP contribution in [0.2, 0.25) is 0 Å². The molecule has 1 aromatic heterocycles. The Morgan fingerprint density at radius 2 is 2.10 bits per heavy atom. The zero-order valence-corrected chi connectivity index (χ0v) is 11.5. The zero-order chi connectivity index (χ0) is 14.8. The highest BCUT2D eigenvalue weighted by Gasteiger charge is 2.24. The molecule has 0 bridgehead atoms. The summed E-state index contributed by atoms with van der Waals surface area (Å²) >= 11 is 0. The summed E-state index contributed by atoms with van der Waals surface area (Å²) in [6.45, 7) is 0. The van der Waals surface area contributed by atoms with Gasteiger partial charge in [0.2, 0.25) is 0 Å². The molecule has 6 nitrogen and oxygen atoms in total. The normalized spacial score (nSPS) is 10.8. The molecule has 0 saturated heterocycles. The second-order valence-corrected chi connectivity index (χ2v) is 5.99. The lowest BCUT2D eigenvalue weighted by atomic mass is 10.2. The van der Waals surface area contributed by atoms with Crippen LogP contribution in [0.25, 0.3) is 0 Å². The van der Waals surface area contributed by atoms with Crippen LogP contribution in [0.1, 0.15) is 5.56 Å². The van der Waals surface area contributed by atoms with Crippen LogP contribution in [0.5, 0.6) is 0 Å². The lowest BCUT2D eigenvalue weighted by molar-refractivity contribution is 0.594. The molecule has 1 heterocycles. The molecule has 0 atom stereocenters. The Hall–Kier alpha value is -2.59. The van der Waals surface area contributed by atoms with Gasteiger partial charge in [0.05, 0.1) is 23.0 Å². The van der Waals surface area contributed by atoms with Gasteiger partial charge in [0.25, 0.3) is 10.0 Å². The standard InChI is InChI=1S/C13H12N4O2S/c1-17(11-4-2-3-10(7-11)8-14)20(18,19)13-9-16-6-5-12(13)15/h2-7,9H,1H3,(H2,15,16). The molecular formula is C13H12N4O2S. The lowest BCUT2D eigenvalue weighted by Crippen LogP contribution is -2.27. The highest BCUT2D eigenvalue weighted by atomic mass is 32.2. The number of benzene rings is 1. The molecule has 7 heteroatoms. The molecular weight excluding hydrogens is 276 g/mol. The average molecular weight is 288 g/mol. The fourth-order valence-electron chi connectivity index (χ4n) is 1.66. The van der Waals surface area contributed by atoms with E-state index < -0.39 is 10.0 Å². The first-order valence-electron chi connectivity index (χ1n) is 5.65. The van der Waals surface area contributed by atoms with Gasteiger partial charge in [0.15, 0.2) is 0 Å². The summed E-state index contributed by atoms with van der Waals surface area (Å²) < 4.78 is 26.0. The van der Waals surface area contributed by atoms with Crippen molar-refractivity contribution in [2.75, 3.05) is 17.1 Å². The van der Waals surface area contributed by atoms with E-state index in [0.717, 1.165) is 4.31 Å². The molecule has 2 N–H and O–H groups in total. The molecule has 0 spiro atoms. The molecule has 20 heavy (non-hydrogen) atoms. The molecule has 2 aromatic rings. The quantitative estimate of drug-likeness (QED) is 0.919. The summed E-state index contributed by atoms with van der Waals surface area (Å²) in [5.74, 6) is 0. The number of rotatable bonds is 3. The van der Waals surface area contributed by atoms with Gasteiger partial charge in [-0.05, 0) is 24.3 Å². The Morgan fingerprint density at radius 3 is 2.75 bits per heavy atom. The number of nitrogen functional groups attached to an aromatic ring is 1. The van der Waals surface area contributed by atoms with Crippen molar-refractivity contribution in [3.05, 3.63) is 48.3 Å². The van der Waals surface area contributed by atoms with Crippen molar-refractivity contribution >= 4 is 21.4 Å². The van der Waals surface area contributed by atoms with E-state index in [1.54, 1.807) is 18.2 Å². The van der Waals surface area contributed by atoms with Crippen LogP contribution in [0.4, 0.5) is 11.4 Å². The van der Waals surface area contributed by atoms with E-state index in [1.807, 2.05) is 6.07 Å². The maximum absolute atomic E-state index is 12.5. The number of hydrogen-bond donors (Lipinski definition) is 1. The Balaban J connectivity index is 2.49. The Labute approximate surface area is 117 Å². The summed E-state index contributed by atoms with van der Waals surface area (Å²) in [6, 6.07) is 9.70. The van der Waals surface area contributed by atoms with Crippen molar-refractivity contribution in [2.24, 2.45) is 0 Å². The number of nitrogens with zero attached hydrogens (tertiary/aromatic N) is 3. The second-order valence-electron chi connectivity index (χ2n) is 4.05.